The van der Waals surface area contributed by atoms with Crippen LogP contribution in [0.5, 0.6) is 0 Å². The van der Waals surface area contributed by atoms with E-state index >= 15 is 0 Å². The Morgan fingerprint density at radius 3 is 2.37 bits per heavy atom. The van der Waals surface area contributed by atoms with Crippen LogP contribution in [-0.2, 0) is 14.3 Å². The maximum absolute atomic E-state index is 14.2. The first-order chi connectivity index (χ1) is 13.8. The zero-order chi connectivity index (χ0) is 22.1. The molecule has 2 heterocycles. The molecule has 2 aliphatic heterocycles. The lowest BCUT2D eigenvalue weighted by atomic mass is 9.64. The highest BCUT2D eigenvalue weighted by atomic mass is 16.6. The highest BCUT2D eigenvalue weighted by Crippen LogP contribution is 2.52. The molecule has 2 aromatic carbocycles. The lowest BCUT2D eigenvalue weighted by Gasteiger charge is -2.54. The number of carbonyl (C=O) groups excluding carboxylic acids is 2. The molecular weight excluding hydrogens is 378 g/mol. The van der Waals surface area contributed by atoms with Crippen LogP contribution in [-0.4, -0.2) is 34.2 Å². The first kappa shape index (κ1) is 20.8. The molecule has 0 saturated carbocycles. The van der Waals surface area contributed by atoms with Gasteiger partial charge in [0.05, 0.1) is 11.6 Å². The molecule has 3 N–H and O–H groups in total. The number of hydrogen-bond donors (Lipinski definition) is 2. The second kappa shape index (κ2) is 6.28. The van der Waals surface area contributed by atoms with Crippen LogP contribution in [0, 0.1) is 5.92 Å². The SMILES string of the molecule is CC1(C)CC2(OC(C)(C)N(c3cccc4ccccc34)C2=O)C(C(N)=O)C(C)(C)N1. The minimum absolute atomic E-state index is 0.213. The summed E-state index contributed by atoms with van der Waals surface area (Å²) in [6.45, 7) is 11.6. The second-order valence-electron chi connectivity index (χ2n) is 10.3. The number of nitrogens with zero attached hydrogens (tertiary/aromatic N) is 1. The van der Waals surface area contributed by atoms with Crippen molar-refractivity contribution in [3.63, 3.8) is 0 Å². The topological polar surface area (TPSA) is 84.7 Å². The number of anilines is 1. The molecule has 0 aliphatic carbocycles. The van der Waals surface area contributed by atoms with Crippen LogP contribution < -0.4 is 16.0 Å². The van der Waals surface area contributed by atoms with Gasteiger partial charge >= 0.3 is 0 Å². The summed E-state index contributed by atoms with van der Waals surface area (Å²) in [7, 11) is 0. The standard InChI is InChI=1S/C24H31N3O3/c1-21(2)14-24(18(19(25)28)22(3,4)26-21)20(29)27(23(5,6)30-24)17-13-9-11-15-10-7-8-12-16(15)17/h7-13,18,26H,14H2,1-6H3,(H2,25,28). The lowest BCUT2D eigenvalue weighted by molar-refractivity contribution is -0.181. The summed E-state index contributed by atoms with van der Waals surface area (Å²) in [5, 5.41) is 5.50. The maximum Gasteiger partial charge on any atom is 0.262 e. The highest BCUT2D eigenvalue weighted by Gasteiger charge is 2.69. The van der Waals surface area contributed by atoms with Crippen molar-refractivity contribution in [3.05, 3.63) is 42.5 Å². The van der Waals surface area contributed by atoms with E-state index in [-0.39, 0.29) is 5.91 Å². The van der Waals surface area contributed by atoms with Gasteiger partial charge in [-0.25, -0.2) is 0 Å². The Hall–Kier alpha value is -2.44. The molecule has 2 aromatic rings. The minimum atomic E-state index is -1.34. The van der Waals surface area contributed by atoms with E-state index in [1.807, 2.05) is 84.0 Å². The maximum atomic E-state index is 14.2. The average molecular weight is 410 g/mol. The number of fused-ring (bicyclic) bond motifs is 1. The van der Waals surface area contributed by atoms with E-state index in [0.717, 1.165) is 16.5 Å². The summed E-state index contributed by atoms with van der Waals surface area (Å²) in [5.74, 6) is -1.56. The number of nitrogens with two attached hydrogens (primary N) is 1. The molecule has 2 atom stereocenters. The molecule has 0 radical (unpaired) electrons. The Kier molecular flexibility index (Phi) is 4.36. The van der Waals surface area contributed by atoms with E-state index in [1.54, 1.807) is 4.90 Å². The molecule has 1 spiro atoms. The Morgan fingerprint density at radius 2 is 1.70 bits per heavy atom. The molecule has 6 heteroatoms. The van der Waals surface area contributed by atoms with Crippen molar-refractivity contribution in [3.8, 4) is 0 Å². The van der Waals surface area contributed by atoms with E-state index in [9.17, 15) is 9.59 Å². The van der Waals surface area contributed by atoms with E-state index in [4.69, 9.17) is 10.5 Å². The average Bonchev–Trinajstić information content (AvgIpc) is 2.76. The second-order valence-corrected chi connectivity index (χ2v) is 10.3. The molecule has 160 valence electrons. The molecule has 0 bridgehead atoms. The van der Waals surface area contributed by atoms with Crippen molar-refractivity contribution < 1.29 is 14.3 Å². The molecule has 2 amide bonds. The first-order valence-corrected chi connectivity index (χ1v) is 10.4. The van der Waals surface area contributed by atoms with Gasteiger partial charge in [-0.05, 0) is 53.0 Å². The van der Waals surface area contributed by atoms with Crippen molar-refractivity contribution in [2.24, 2.45) is 11.7 Å². The van der Waals surface area contributed by atoms with E-state index in [1.165, 1.54) is 0 Å². The smallest absolute Gasteiger partial charge is 0.262 e. The van der Waals surface area contributed by atoms with Crippen LogP contribution in [0.1, 0.15) is 48.0 Å². The summed E-state index contributed by atoms with van der Waals surface area (Å²) in [6.07, 6.45) is 0.348. The normalized spacial score (nSPS) is 29.5. The van der Waals surface area contributed by atoms with Crippen LogP contribution in [0.2, 0.25) is 0 Å². The Labute approximate surface area is 177 Å². The zero-order valence-corrected chi connectivity index (χ0v) is 18.6. The van der Waals surface area contributed by atoms with Gasteiger partial charge in [-0.1, -0.05) is 36.4 Å². The van der Waals surface area contributed by atoms with Crippen LogP contribution in [0.3, 0.4) is 0 Å². The fraction of sp³-hybridized carbons (Fsp3) is 0.500. The lowest BCUT2D eigenvalue weighted by Crippen LogP contribution is -2.74. The van der Waals surface area contributed by atoms with Crippen LogP contribution in [0.15, 0.2) is 42.5 Å². The van der Waals surface area contributed by atoms with Crippen molar-refractivity contribution in [1.82, 2.24) is 5.32 Å². The largest absolute Gasteiger partial charge is 0.369 e. The van der Waals surface area contributed by atoms with E-state index in [0.29, 0.717) is 6.42 Å². The molecule has 0 aromatic heterocycles. The number of primary amides is 1. The predicted molar refractivity (Wildman–Crippen MR) is 118 cm³/mol. The number of amides is 2. The fourth-order valence-corrected chi connectivity index (χ4v) is 5.98. The monoisotopic (exact) mass is 409 g/mol. The fourth-order valence-electron chi connectivity index (χ4n) is 5.98. The van der Waals surface area contributed by atoms with Crippen molar-refractivity contribution >= 4 is 28.3 Å². The number of carbonyl (C=O) groups is 2. The molecule has 2 fully saturated rings. The van der Waals surface area contributed by atoms with Gasteiger partial charge in [0.25, 0.3) is 5.91 Å². The van der Waals surface area contributed by atoms with Gasteiger partial charge in [0.15, 0.2) is 5.60 Å². The van der Waals surface area contributed by atoms with Crippen LogP contribution >= 0.6 is 0 Å². The molecule has 2 unspecified atom stereocenters. The third-order valence-electron chi connectivity index (χ3n) is 6.38. The van der Waals surface area contributed by atoms with Crippen molar-refractivity contribution in [1.29, 1.82) is 0 Å². The predicted octanol–water partition coefficient (Wildman–Crippen LogP) is 3.33. The van der Waals surface area contributed by atoms with Gasteiger partial charge in [0.2, 0.25) is 5.91 Å². The number of ether oxygens (including phenoxy) is 1. The van der Waals surface area contributed by atoms with Gasteiger partial charge in [-0.15, -0.1) is 0 Å². The summed E-state index contributed by atoms with van der Waals surface area (Å²) in [6, 6.07) is 13.8. The summed E-state index contributed by atoms with van der Waals surface area (Å²) >= 11 is 0. The van der Waals surface area contributed by atoms with Gasteiger partial charge in [-0.3, -0.25) is 14.5 Å². The van der Waals surface area contributed by atoms with Crippen LogP contribution in [0.4, 0.5) is 5.69 Å². The van der Waals surface area contributed by atoms with Crippen molar-refractivity contribution in [2.45, 2.75) is 70.4 Å². The van der Waals surface area contributed by atoms with Gasteiger partial charge in [0.1, 0.15) is 5.72 Å². The van der Waals surface area contributed by atoms with Crippen molar-refractivity contribution in [2.75, 3.05) is 4.90 Å². The third kappa shape index (κ3) is 2.93. The van der Waals surface area contributed by atoms with Crippen LogP contribution in [0.25, 0.3) is 10.8 Å². The molecule has 6 nitrogen and oxygen atoms in total. The summed E-state index contributed by atoms with van der Waals surface area (Å²) in [5.41, 5.74) is 3.23. The number of piperidine rings is 1. The van der Waals surface area contributed by atoms with E-state index in [2.05, 4.69) is 5.32 Å². The molecular formula is C24H31N3O3. The van der Waals surface area contributed by atoms with E-state index < -0.39 is 34.2 Å². The quantitative estimate of drug-likeness (QED) is 0.797. The molecule has 30 heavy (non-hydrogen) atoms. The first-order valence-electron chi connectivity index (χ1n) is 10.4. The summed E-state index contributed by atoms with van der Waals surface area (Å²) in [4.78, 5) is 28.6. The third-order valence-corrected chi connectivity index (χ3v) is 6.38. The Bertz CT molecular complexity index is 1040. The molecule has 2 saturated heterocycles. The molecule has 2 aliphatic rings. The summed E-state index contributed by atoms with van der Waals surface area (Å²) < 4.78 is 6.59. The Morgan fingerprint density at radius 1 is 1.07 bits per heavy atom. The zero-order valence-electron chi connectivity index (χ0n) is 18.6. The minimum Gasteiger partial charge on any atom is -0.369 e. The highest BCUT2D eigenvalue weighted by molar-refractivity contribution is 6.10. The van der Waals surface area contributed by atoms with Gasteiger partial charge in [0, 0.05) is 22.9 Å². The van der Waals surface area contributed by atoms with Gasteiger partial charge < -0.3 is 15.8 Å². The number of rotatable bonds is 2. The number of hydrogen-bond acceptors (Lipinski definition) is 4. The number of nitrogens with one attached hydrogen (secondary N) is 1. The number of benzene rings is 2. The van der Waals surface area contributed by atoms with Gasteiger partial charge in [-0.2, -0.15) is 0 Å². The Balaban J connectivity index is 1.93. The molecule has 4 rings (SSSR count).